The molecule has 0 saturated carbocycles. The number of nitrogens with two attached hydrogens (primary N) is 4. The highest BCUT2D eigenvalue weighted by Crippen LogP contribution is 2.23. The van der Waals surface area contributed by atoms with Crippen molar-refractivity contribution in [2.45, 2.75) is 20.1 Å². The summed E-state index contributed by atoms with van der Waals surface area (Å²) in [4.78, 5) is 54.3. The molecule has 3 amide bonds. The van der Waals surface area contributed by atoms with Crippen LogP contribution in [0.2, 0.25) is 0 Å². The molecule has 214 valence electrons. The lowest BCUT2D eigenvalue weighted by atomic mass is 10.1. The van der Waals surface area contributed by atoms with Gasteiger partial charge in [0.2, 0.25) is 11.9 Å². The summed E-state index contributed by atoms with van der Waals surface area (Å²) in [6.07, 6.45) is -0.775. The van der Waals surface area contributed by atoms with E-state index in [0.29, 0.717) is 27.7 Å². The third-order valence-electron chi connectivity index (χ3n) is 5.65. The number of H-pyrrole nitrogens is 2. The van der Waals surface area contributed by atoms with Crippen LogP contribution in [0.15, 0.2) is 58.8 Å². The van der Waals surface area contributed by atoms with E-state index in [2.05, 4.69) is 30.9 Å². The molecule has 2 heterocycles. The first-order valence-corrected chi connectivity index (χ1v) is 12.2. The fourth-order valence-corrected chi connectivity index (χ4v) is 3.82. The van der Waals surface area contributed by atoms with Crippen molar-refractivity contribution in [2.75, 3.05) is 11.9 Å². The van der Waals surface area contributed by atoms with E-state index in [4.69, 9.17) is 32.7 Å². The Morgan fingerprint density at radius 3 is 2.29 bits per heavy atom. The third kappa shape index (κ3) is 6.75. The molecule has 1 unspecified atom stereocenters. The van der Waals surface area contributed by atoms with Gasteiger partial charge in [0.15, 0.2) is 6.23 Å². The lowest BCUT2D eigenvalue weighted by Crippen LogP contribution is -2.34. The maximum absolute atomic E-state index is 13.0. The molecule has 1 atom stereocenters. The highest BCUT2D eigenvalue weighted by Gasteiger charge is 2.19. The molecule has 4 aromatic rings. The van der Waals surface area contributed by atoms with Crippen molar-refractivity contribution in [3.05, 3.63) is 65.5 Å². The summed E-state index contributed by atoms with van der Waals surface area (Å²) in [7, 11) is 0. The largest absolute Gasteiger partial charge is 0.368 e. The minimum Gasteiger partial charge on any atom is -0.368 e. The molecule has 4 rings (SSSR count). The standard InChI is InChI=1S/C25H29N11O5/c1-3-36(41-35-25(28)29)23(39)20-9-13-4-6-16(11-18(13)33-20)31-22(38)19-10-15-8-14(5-7-17(15)32-19)21(37)30-12(2)40-34-24(26)27/h4-12,32-33H,3H2,1-2H3,(H,30,37)(H,31,38)(H4,26,27,34)(H4,28,29,35). The molecular formula is C25H29N11O5. The summed E-state index contributed by atoms with van der Waals surface area (Å²) in [6.45, 7) is 3.45. The minimum absolute atomic E-state index is 0.190. The van der Waals surface area contributed by atoms with Gasteiger partial charge in [-0.1, -0.05) is 6.07 Å². The van der Waals surface area contributed by atoms with Gasteiger partial charge in [0.1, 0.15) is 11.4 Å². The minimum atomic E-state index is -0.775. The fourth-order valence-electron chi connectivity index (χ4n) is 3.82. The number of fused-ring (bicyclic) bond motifs is 2. The predicted molar refractivity (Wildman–Crippen MR) is 152 cm³/mol. The van der Waals surface area contributed by atoms with Crippen LogP contribution in [0.5, 0.6) is 0 Å². The summed E-state index contributed by atoms with van der Waals surface area (Å²) in [5.74, 6) is -1.90. The number of hydroxylamine groups is 2. The number of guanidine groups is 2. The van der Waals surface area contributed by atoms with Gasteiger partial charge in [-0.25, -0.2) is 0 Å². The summed E-state index contributed by atoms with van der Waals surface area (Å²) in [5, 5.41) is 14.6. The third-order valence-corrected chi connectivity index (χ3v) is 5.65. The van der Waals surface area contributed by atoms with Gasteiger partial charge in [0.25, 0.3) is 11.8 Å². The highest BCUT2D eigenvalue weighted by atomic mass is 16.8. The van der Waals surface area contributed by atoms with Gasteiger partial charge in [-0.2, -0.15) is 0 Å². The fraction of sp³-hybridized carbons (Fsp3) is 0.160. The van der Waals surface area contributed by atoms with Gasteiger partial charge >= 0.3 is 5.91 Å². The van der Waals surface area contributed by atoms with Crippen molar-refractivity contribution in [3.8, 4) is 0 Å². The van der Waals surface area contributed by atoms with E-state index in [1.807, 2.05) is 0 Å². The second-order valence-electron chi connectivity index (χ2n) is 8.76. The van der Waals surface area contributed by atoms with E-state index >= 15 is 0 Å². The maximum atomic E-state index is 13.0. The molecule has 41 heavy (non-hydrogen) atoms. The molecule has 2 aromatic heterocycles. The van der Waals surface area contributed by atoms with Gasteiger partial charge in [-0.15, -0.1) is 5.06 Å². The Hall–Kier alpha value is -5.93. The number of aromatic amines is 2. The zero-order chi connectivity index (χ0) is 29.7. The monoisotopic (exact) mass is 563 g/mol. The van der Waals surface area contributed by atoms with Crippen molar-refractivity contribution < 1.29 is 24.2 Å². The van der Waals surface area contributed by atoms with E-state index in [1.54, 1.807) is 62.4 Å². The summed E-state index contributed by atoms with van der Waals surface area (Å²) in [5.41, 5.74) is 23.5. The van der Waals surface area contributed by atoms with E-state index in [9.17, 15) is 14.4 Å². The van der Waals surface area contributed by atoms with E-state index in [1.165, 1.54) is 0 Å². The zero-order valence-electron chi connectivity index (χ0n) is 22.1. The number of amides is 3. The van der Waals surface area contributed by atoms with Gasteiger partial charge in [-0.3, -0.25) is 19.3 Å². The van der Waals surface area contributed by atoms with Crippen LogP contribution in [0, 0.1) is 0 Å². The first kappa shape index (κ1) is 28.1. The average molecular weight is 564 g/mol. The molecule has 0 fully saturated rings. The predicted octanol–water partition coefficient (Wildman–Crippen LogP) is 0.764. The van der Waals surface area contributed by atoms with Crippen LogP contribution in [0.4, 0.5) is 5.69 Å². The lowest BCUT2D eigenvalue weighted by molar-refractivity contribution is -0.120. The Labute approximate surface area is 232 Å². The molecule has 0 aliphatic carbocycles. The molecule has 0 spiro atoms. The summed E-state index contributed by atoms with van der Waals surface area (Å²) < 4.78 is 0. The van der Waals surface area contributed by atoms with Crippen molar-refractivity contribution in [1.29, 1.82) is 0 Å². The number of anilines is 1. The normalized spacial score (nSPS) is 11.4. The number of rotatable bonds is 10. The molecular weight excluding hydrogens is 534 g/mol. The second kappa shape index (κ2) is 11.9. The number of hydrogen-bond donors (Lipinski definition) is 8. The number of carbonyl (C=O) groups excluding carboxylic acids is 3. The van der Waals surface area contributed by atoms with Crippen LogP contribution in [-0.2, 0) is 9.78 Å². The second-order valence-corrected chi connectivity index (χ2v) is 8.76. The highest BCUT2D eigenvalue weighted by molar-refractivity contribution is 6.08. The Kier molecular flexibility index (Phi) is 8.12. The van der Waals surface area contributed by atoms with Crippen LogP contribution in [0.25, 0.3) is 21.8 Å². The quantitative estimate of drug-likeness (QED) is 0.0585. The Bertz CT molecular complexity index is 1660. The molecule has 2 aromatic carbocycles. The number of nitrogens with zero attached hydrogens (tertiary/aromatic N) is 3. The number of hydrogen-bond acceptors (Lipinski definition) is 7. The Morgan fingerprint density at radius 2 is 1.59 bits per heavy atom. The van der Waals surface area contributed by atoms with Gasteiger partial charge < -0.3 is 48.4 Å². The molecule has 0 aliphatic rings. The molecule has 16 nitrogen and oxygen atoms in total. The van der Waals surface area contributed by atoms with Crippen LogP contribution in [0.1, 0.15) is 45.2 Å². The van der Waals surface area contributed by atoms with Crippen molar-refractivity contribution in [3.63, 3.8) is 0 Å². The first-order chi connectivity index (χ1) is 19.5. The van der Waals surface area contributed by atoms with Gasteiger partial charge in [-0.05, 0) is 66.6 Å². The van der Waals surface area contributed by atoms with E-state index in [-0.39, 0.29) is 29.9 Å². The molecule has 0 saturated heterocycles. The molecule has 0 aliphatic heterocycles. The zero-order valence-corrected chi connectivity index (χ0v) is 22.1. The van der Waals surface area contributed by atoms with Crippen LogP contribution >= 0.6 is 0 Å². The number of nitrogens with one attached hydrogen (secondary N) is 4. The number of aromatic nitrogens is 2. The van der Waals surface area contributed by atoms with Crippen molar-refractivity contribution in [2.24, 2.45) is 33.2 Å². The van der Waals surface area contributed by atoms with Crippen LogP contribution in [0.3, 0.4) is 0 Å². The number of carbonyl (C=O) groups is 3. The van der Waals surface area contributed by atoms with Gasteiger partial charge in [0.05, 0.1) is 6.54 Å². The van der Waals surface area contributed by atoms with Crippen LogP contribution < -0.4 is 33.6 Å². The van der Waals surface area contributed by atoms with E-state index in [0.717, 1.165) is 10.4 Å². The first-order valence-electron chi connectivity index (χ1n) is 12.2. The number of benzene rings is 2. The molecule has 0 radical (unpaired) electrons. The summed E-state index contributed by atoms with van der Waals surface area (Å²) >= 11 is 0. The Balaban J connectivity index is 1.46. The van der Waals surface area contributed by atoms with Crippen LogP contribution in [-0.4, -0.2) is 57.4 Å². The SMILES string of the molecule is CCN(ON=C(N)N)C(=O)c1cc2ccc(NC(=O)c3cc4cc(C(=O)NC(C)ON=C(N)N)ccc4[nH]3)cc2[nH]1. The molecule has 16 heteroatoms. The maximum Gasteiger partial charge on any atom is 0.304 e. The number of oxime groups is 2. The summed E-state index contributed by atoms with van der Waals surface area (Å²) in [6, 6.07) is 13.3. The lowest BCUT2D eigenvalue weighted by Gasteiger charge is -2.15. The average Bonchev–Trinajstić information content (AvgIpc) is 3.55. The van der Waals surface area contributed by atoms with Crippen molar-refractivity contribution in [1.82, 2.24) is 20.3 Å². The smallest absolute Gasteiger partial charge is 0.304 e. The van der Waals surface area contributed by atoms with E-state index < -0.39 is 23.9 Å². The van der Waals surface area contributed by atoms with Gasteiger partial charge in [0, 0.05) is 33.1 Å². The Morgan fingerprint density at radius 1 is 0.878 bits per heavy atom. The molecule has 0 bridgehead atoms. The van der Waals surface area contributed by atoms with Crippen molar-refractivity contribution >= 4 is 57.1 Å². The molecule has 12 N–H and O–H groups in total. The topological polar surface area (TPSA) is 257 Å².